The van der Waals surface area contributed by atoms with Crippen molar-refractivity contribution in [3.8, 4) is 38.7 Å². The van der Waals surface area contributed by atoms with Gasteiger partial charge in [0.1, 0.15) is 34.4 Å². The number of amides is 1. The molecule has 0 saturated carbocycles. The minimum atomic E-state index is -0.0341. The zero-order valence-corrected chi connectivity index (χ0v) is 24.8. The summed E-state index contributed by atoms with van der Waals surface area (Å²) in [5, 5.41) is 8.56. The Morgan fingerprint density at radius 3 is 2.59 bits per heavy atom. The first-order valence-electron chi connectivity index (χ1n) is 12.8. The Balaban J connectivity index is 1.28. The molecule has 6 aromatic rings. The Morgan fingerprint density at radius 1 is 1.10 bits per heavy atom. The fraction of sp³-hybridized carbons (Fsp3) is 0.241. The minimum Gasteiger partial charge on any atom is -0.496 e. The predicted octanol–water partition coefficient (Wildman–Crippen LogP) is 6.19. The Hall–Kier alpha value is -4.42. The van der Waals surface area contributed by atoms with Crippen LogP contribution in [0.1, 0.15) is 28.5 Å². The molecular formula is C29H27N5O5S2. The Kier molecular flexibility index (Phi) is 7.10. The zero-order chi connectivity index (χ0) is 28.7. The van der Waals surface area contributed by atoms with Crippen LogP contribution in [0.5, 0.6) is 16.7 Å². The largest absolute Gasteiger partial charge is 0.496 e. The number of imidazole rings is 1. The van der Waals surface area contributed by atoms with Gasteiger partial charge in [-0.15, -0.1) is 16.4 Å². The van der Waals surface area contributed by atoms with Crippen LogP contribution in [0.2, 0.25) is 0 Å². The minimum absolute atomic E-state index is 0.0341. The molecule has 4 heterocycles. The molecule has 0 fully saturated rings. The van der Waals surface area contributed by atoms with Crippen LogP contribution in [0, 0.1) is 0 Å². The van der Waals surface area contributed by atoms with E-state index in [1.54, 1.807) is 37.7 Å². The average molecular weight is 590 g/mol. The molecule has 41 heavy (non-hydrogen) atoms. The molecule has 0 atom stereocenters. The van der Waals surface area contributed by atoms with Gasteiger partial charge in [-0.2, -0.15) is 0 Å². The number of carbonyl (C=O) groups excluding carboxylic acids is 1. The number of hydrogen-bond acceptors (Lipinski definition) is 10. The molecule has 0 bridgehead atoms. The van der Waals surface area contributed by atoms with Gasteiger partial charge in [-0.3, -0.25) is 4.79 Å². The van der Waals surface area contributed by atoms with Crippen LogP contribution in [0.25, 0.3) is 38.0 Å². The van der Waals surface area contributed by atoms with Gasteiger partial charge in [-0.25, -0.2) is 14.5 Å². The summed E-state index contributed by atoms with van der Waals surface area (Å²) in [6.45, 7) is 2.33. The summed E-state index contributed by atoms with van der Waals surface area (Å²) in [6, 6.07) is 11.3. The quantitative estimate of drug-likeness (QED) is 0.197. The van der Waals surface area contributed by atoms with Gasteiger partial charge in [0.15, 0.2) is 5.76 Å². The first-order valence-corrected chi connectivity index (χ1v) is 14.5. The maximum Gasteiger partial charge on any atom is 0.294 e. The molecule has 0 radical (unpaired) electrons. The number of thiazole rings is 1. The Labute approximate surface area is 243 Å². The highest BCUT2D eigenvalue weighted by Gasteiger charge is 2.21. The van der Waals surface area contributed by atoms with E-state index in [0.717, 1.165) is 27.2 Å². The van der Waals surface area contributed by atoms with Crippen molar-refractivity contribution in [2.24, 2.45) is 0 Å². The predicted molar refractivity (Wildman–Crippen MR) is 158 cm³/mol. The third-order valence-corrected chi connectivity index (χ3v) is 8.39. The van der Waals surface area contributed by atoms with E-state index < -0.39 is 0 Å². The van der Waals surface area contributed by atoms with E-state index in [0.29, 0.717) is 50.7 Å². The molecule has 0 aliphatic carbocycles. The highest BCUT2D eigenvalue weighted by atomic mass is 32.1. The van der Waals surface area contributed by atoms with Crippen molar-refractivity contribution < 1.29 is 23.4 Å². The topological polar surface area (TPSA) is 104 Å². The third-order valence-electron chi connectivity index (χ3n) is 6.57. The van der Waals surface area contributed by atoms with Crippen molar-refractivity contribution in [1.82, 2.24) is 24.5 Å². The van der Waals surface area contributed by atoms with Gasteiger partial charge >= 0.3 is 0 Å². The summed E-state index contributed by atoms with van der Waals surface area (Å²) in [6.07, 6.45) is 2.52. The van der Waals surface area contributed by atoms with Gasteiger partial charge in [0.2, 0.25) is 4.96 Å². The highest BCUT2D eigenvalue weighted by Crippen LogP contribution is 2.41. The van der Waals surface area contributed by atoms with Crippen molar-refractivity contribution in [3.63, 3.8) is 0 Å². The number of carbonyl (C=O) groups is 1. The number of furan rings is 1. The molecular weight excluding hydrogens is 562 g/mol. The van der Waals surface area contributed by atoms with E-state index in [9.17, 15) is 4.79 Å². The summed E-state index contributed by atoms with van der Waals surface area (Å²) in [5.41, 5.74) is 4.63. The fourth-order valence-corrected chi connectivity index (χ4v) is 6.04. The SMILES string of the molecule is CCc1c(OC)cc2oc(-c3cn4nc(OC)sc4n3)cc2c1OCc1csc(-c2ccc(C(=O)N(C)C)cc2)n1. The number of methoxy groups -OCH3 is 2. The molecule has 0 aliphatic rings. The monoisotopic (exact) mass is 589 g/mol. The molecule has 0 saturated heterocycles. The standard InChI is InChI=1S/C29H27N5O5S2/c1-6-19-22(36-4)12-23-20(11-24(39-23)21-13-34-28(31-21)41-29(32-34)37-5)25(19)38-14-18-15-40-26(30-18)16-7-9-17(10-8-16)27(35)33(2)3/h7-13,15H,6,14H2,1-5H3. The number of aromatic nitrogens is 4. The second-order valence-corrected chi connectivity index (χ2v) is 11.2. The van der Waals surface area contributed by atoms with Crippen molar-refractivity contribution in [1.29, 1.82) is 0 Å². The van der Waals surface area contributed by atoms with Crippen LogP contribution in [0.4, 0.5) is 0 Å². The summed E-state index contributed by atoms with van der Waals surface area (Å²) in [5.74, 6) is 1.95. The van der Waals surface area contributed by atoms with Crippen LogP contribution in [-0.2, 0) is 13.0 Å². The summed E-state index contributed by atoms with van der Waals surface area (Å²) >= 11 is 2.89. The van der Waals surface area contributed by atoms with E-state index in [2.05, 4.69) is 17.0 Å². The van der Waals surface area contributed by atoms with Gasteiger partial charge in [0.25, 0.3) is 11.1 Å². The smallest absolute Gasteiger partial charge is 0.294 e. The lowest BCUT2D eigenvalue weighted by Gasteiger charge is -2.14. The molecule has 6 rings (SSSR count). The molecule has 10 nitrogen and oxygen atoms in total. The van der Waals surface area contributed by atoms with E-state index in [4.69, 9.17) is 23.6 Å². The second kappa shape index (κ2) is 10.9. The molecule has 1 amide bonds. The molecule has 210 valence electrons. The molecule has 2 aromatic carbocycles. The fourth-order valence-electron chi connectivity index (χ4n) is 4.53. The van der Waals surface area contributed by atoms with Gasteiger partial charge in [-0.05, 0) is 36.0 Å². The molecule has 0 unspecified atom stereocenters. The van der Waals surface area contributed by atoms with Crippen molar-refractivity contribution in [2.45, 2.75) is 20.0 Å². The Morgan fingerprint density at radius 2 is 1.90 bits per heavy atom. The maximum absolute atomic E-state index is 12.2. The average Bonchev–Trinajstić information content (AvgIpc) is 3.77. The molecule has 4 aromatic heterocycles. The normalized spacial score (nSPS) is 11.3. The van der Waals surface area contributed by atoms with E-state index in [1.165, 1.54) is 22.7 Å². The van der Waals surface area contributed by atoms with Gasteiger partial charge in [0, 0.05) is 42.2 Å². The molecule has 0 aliphatic heterocycles. The summed E-state index contributed by atoms with van der Waals surface area (Å²) < 4.78 is 25.2. The molecule has 12 heteroatoms. The first-order chi connectivity index (χ1) is 19.9. The van der Waals surface area contributed by atoms with Crippen LogP contribution < -0.4 is 14.2 Å². The molecule has 0 N–H and O–H groups in total. The molecule has 0 spiro atoms. The lowest BCUT2D eigenvalue weighted by molar-refractivity contribution is 0.0827. The van der Waals surface area contributed by atoms with Gasteiger partial charge < -0.3 is 23.5 Å². The number of rotatable bonds is 9. The van der Waals surface area contributed by atoms with Crippen LogP contribution in [0.15, 0.2) is 52.4 Å². The van der Waals surface area contributed by atoms with Crippen molar-refractivity contribution in [3.05, 3.63) is 64.8 Å². The van der Waals surface area contributed by atoms with Crippen molar-refractivity contribution in [2.75, 3.05) is 28.3 Å². The van der Waals surface area contributed by atoms with E-state index >= 15 is 0 Å². The Bertz CT molecular complexity index is 1830. The van der Waals surface area contributed by atoms with Crippen LogP contribution >= 0.6 is 22.7 Å². The number of nitrogens with zero attached hydrogens (tertiary/aromatic N) is 5. The highest BCUT2D eigenvalue weighted by molar-refractivity contribution is 7.18. The van der Waals surface area contributed by atoms with E-state index in [-0.39, 0.29) is 12.5 Å². The number of hydrogen-bond donors (Lipinski definition) is 0. The number of fused-ring (bicyclic) bond motifs is 2. The zero-order valence-electron chi connectivity index (χ0n) is 23.1. The third kappa shape index (κ3) is 5.00. The number of benzene rings is 2. The number of ether oxygens (including phenoxy) is 3. The summed E-state index contributed by atoms with van der Waals surface area (Å²) in [7, 11) is 6.70. The van der Waals surface area contributed by atoms with Gasteiger partial charge in [-0.1, -0.05) is 19.1 Å². The lowest BCUT2D eigenvalue weighted by atomic mass is 10.1. The second-order valence-electron chi connectivity index (χ2n) is 9.40. The van der Waals surface area contributed by atoms with Crippen molar-refractivity contribution >= 4 is 44.5 Å². The lowest BCUT2D eigenvalue weighted by Crippen LogP contribution is -2.21. The van der Waals surface area contributed by atoms with E-state index in [1.807, 2.05) is 48.0 Å². The van der Waals surface area contributed by atoms with Gasteiger partial charge in [0.05, 0.1) is 31.5 Å². The van der Waals surface area contributed by atoms with Crippen LogP contribution in [0.3, 0.4) is 0 Å². The first kappa shape index (κ1) is 26.8. The summed E-state index contributed by atoms with van der Waals surface area (Å²) in [4.78, 5) is 23.9. The van der Waals surface area contributed by atoms with Crippen LogP contribution in [-0.4, -0.2) is 58.7 Å². The maximum atomic E-state index is 12.2.